The van der Waals surface area contributed by atoms with Gasteiger partial charge >= 0.3 is 6.03 Å². The highest BCUT2D eigenvalue weighted by atomic mass is 35.5. The smallest absolute Gasteiger partial charge is 0.317 e. The van der Waals surface area contributed by atoms with E-state index in [-0.39, 0.29) is 12.1 Å². The van der Waals surface area contributed by atoms with Crippen molar-refractivity contribution < 1.29 is 14.3 Å². The number of amides is 2. The molecule has 0 spiro atoms. The topological polar surface area (TPSA) is 68.6 Å². The summed E-state index contributed by atoms with van der Waals surface area (Å²) >= 11 is 6.06. The molecule has 3 aromatic rings. The molecule has 4 rings (SSSR count). The van der Waals surface area contributed by atoms with E-state index in [1.54, 1.807) is 21.7 Å². The Balaban J connectivity index is 1.71. The lowest BCUT2D eigenvalue weighted by molar-refractivity contribution is 0.0793. The molecule has 1 fully saturated rings. The third-order valence-corrected chi connectivity index (χ3v) is 5.83. The monoisotopic (exact) mass is 468 g/mol. The van der Waals surface area contributed by atoms with Gasteiger partial charge in [-0.3, -0.25) is 0 Å². The third-order valence-electron chi connectivity index (χ3n) is 5.58. The summed E-state index contributed by atoms with van der Waals surface area (Å²) in [6, 6.07) is 16.9. The summed E-state index contributed by atoms with van der Waals surface area (Å²) in [5, 5.41) is 8.32. The van der Waals surface area contributed by atoms with E-state index in [0.717, 1.165) is 36.4 Å². The number of hydrogen-bond donors (Lipinski definition) is 1. The molecule has 0 radical (unpaired) electrons. The van der Waals surface area contributed by atoms with Gasteiger partial charge in [-0.1, -0.05) is 29.8 Å². The van der Waals surface area contributed by atoms with E-state index in [9.17, 15) is 4.79 Å². The van der Waals surface area contributed by atoms with Crippen molar-refractivity contribution in [2.75, 3.05) is 19.7 Å². The summed E-state index contributed by atoms with van der Waals surface area (Å²) in [5.74, 6) is 1.21. The second-order valence-electron chi connectivity index (χ2n) is 8.02. The predicted molar refractivity (Wildman–Crippen MR) is 128 cm³/mol. The van der Waals surface area contributed by atoms with Gasteiger partial charge in [0.1, 0.15) is 5.75 Å². The van der Waals surface area contributed by atoms with Gasteiger partial charge < -0.3 is 19.7 Å². The van der Waals surface area contributed by atoms with Crippen LogP contribution in [0.25, 0.3) is 5.69 Å². The molecule has 1 atom stereocenters. The largest absolute Gasteiger partial charge is 0.439 e. The Bertz CT molecular complexity index is 1060. The van der Waals surface area contributed by atoms with Crippen LogP contribution < -0.4 is 10.1 Å². The molecule has 1 aliphatic heterocycles. The predicted octanol–water partition coefficient (Wildman–Crippen LogP) is 5.34. The Kier molecular flexibility index (Phi) is 7.52. The first-order valence-corrected chi connectivity index (χ1v) is 11.6. The molecule has 0 saturated carbocycles. The molecule has 2 heterocycles. The molecule has 8 heteroatoms. The molecule has 1 saturated heterocycles. The second-order valence-corrected chi connectivity index (χ2v) is 8.46. The molecule has 1 N–H and O–H groups in total. The highest BCUT2D eigenvalue weighted by molar-refractivity contribution is 6.30. The lowest BCUT2D eigenvalue weighted by atomic mass is 10.2. The van der Waals surface area contributed by atoms with Crippen molar-refractivity contribution >= 4 is 17.6 Å². The number of aromatic nitrogens is 2. The van der Waals surface area contributed by atoms with Crippen LogP contribution >= 0.6 is 11.6 Å². The number of aryl methyl sites for hydroxylation is 1. The van der Waals surface area contributed by atoms with Crippen molar-refractivity contribution in [2.24, 2.45) is 0 Å². The molecule has 0 aliphatic carbocycles. The Morgan fingerprint density at radius 3 is 2.67 bits per heavy atom. The maximum Gasteiger partial charge on any atom is 0.317 e. The van der Waals surface area contributed by atoms with E-state index >= 15 is 0 Å². The quantitative estimate of drug-likeness (QED) is 0.484. The minimum atomic E-state index is -0.127. The van der Waals surface area contributed by atoms with Crippen LogP contribution in [0, 0.1) is 6.92 Å². The number of ether oxygens (including phenoxy) is 2. The zero-order valence-electron chi connectivity index (χ0n) is 19.0. The number of carbonyl (C=O) groups is 1. The fourth-order valence-corrected chi connectivity index (χ4v) is 4.02. The van der Waals surface area contributed by atoms with Gasteiger partial charge in [0.05, 0.1) is 29.6 Å². The van der Waals surface area contributed by atoms with Gasteiger partial charge in [0.25, 0.3) is 0 Å². The number of halogens is 1. The summed E-state index contributed by atoms with van der Waals surface area (Å²) in [5.41, 5.74) is 2.52. The van der Waals surface area contributed by atoms with Gasteiger partial charge in [-0.05, 0) is 63.1 Å². The highest BCUT2D eigenvalue weighted by Gasteiger charge is 2.27. The summed E-state index contributed by atoms with van der Waals surface area (Å²) < 4.78 is 13.9. The fraction of sp³-hybridized carbons (Fsp3) is 0.360. The van der Waals surface area contributed by atoms with Crippen LogP contribution in [-0.4, -0.2) is 46.5 Å². The summed E-state index contributed by atoms with van der Waals surface area (Å²) in [4.78, 5) is 14.7. The van der Waals surface area contributed by atoms with Crippen molar-refractivity contribution in [1.29, 1.82) is 0 Å². The van der Waals surface area contributed by atoms with E-state index in [4.69, 9.17) is 26.2 Å². The van der Waals surface area contributed by atoms with E-state index < -0.39 is 0 Å². The fourth-order valence-electron chi connectivity index (χ4n) is 3.89. The summed E-state index contributed by atoms with van der Waals surface area (Å²) in [6.07, 6.45) is 2.01. The van der Waals surface area contributed by atoms with E-state index in [2.05, 4.69) is 5.32 Å². The van der Waals surface area contributed by atoms with Crippen molar-refractivity contribution in [1.82, 2.24) is 20.0 Å². The SMILES string of the molecule is CCNC(=O)N(Cc1c(C)nn(-c2ccccc2)c1Oc1ccc(Cl)cc1)CC1CCCO1. The van der Waals surface area contributed by atoms with E-state index in [0.29, 0.717) is 36.3 Å². The van der Waals surface area contributed by atoms with Gasteiger partial charge in [-0.15, -0.1) is 0 Å². The number of urea groups is 1. The average molecular weight is 469 g/mol. The van der Waals surface area contributed by atoms with Crippen LogP contribution in [-0.2, 0) is 11.3 Å². The minimum Gasteiger partial charge on any atom is -0.439 e. The Labute approximate surface area is 199 Å². The zero-order chi connectivity index (χ0) is 23.2. The number of benzene rings is 2. The summed E-state index contributed by atoms with van der Waals surface area (Å²) in [7, 11) is 0. The maximum atomic E-state index is 12.9. The van der Waals surface area contributed by atoms with Crippen LogP contribution in [0.1, 0.15) is 31.0 Å². The molecule has 1 aromatic heterocycles. The van der Waals surface area contributed by atoms with Gasteiger partial charge in [-0.2, -0.15) is 5.10 Å². The number of hydrogen-bond acceptors (Lipinski definition) is 4. The molecule has 7 nitrogen and oxygen atoms in total. The van der Waals surface area contributed by atoms with Gasteiger partial charge in [0.15, 0.2) is 0 Å². The number of rotatable bonds is 8. The number of carbonyl (C=O) groups excluding carboxylic acids is 1. The van der Waals surface area contributed by atoms with Crippen LogP contribution in [0.3, 0.4) is 0 Å². The molecular formula is C25H29ClN4O3. The molecule has 2 amide bonds. The highest BCUT2D eigenvalue weighted by Crippen LogP contribution is 2.32. The van der Waals surface area contributed by atoms with Crippen LogP contribution in [0.15, 0.2) is 54.6 Å². The van der Waals surface area contributed by atoms with Gasteiger partial charge in [-0.25, -0.2) is 9.48 Å². The minimum absolute atomic E-state index is 0.0396. The zero-order valence-corrected chi connectivity index (χ0v) is 19.7. The Hall–Kier alpha value is -3.03. The molecule has 33 heavy (non-hydrogen) atoms. The second kappa shape index (κ2) is 10.7. The lowest BCUT2D eigenvalue weighted by Gasteiger charge is -2.26. The van der Waals surface area contributed by atoms with Gasteiger partial charge in [0, 0.05) is 24.7 Å². The molecule has 174 valence electrons. The molecule has 0 bridgehead atoms. The molecular weight excluding hydrogens is 440 g/mol. The number of nitrogens with one attached hydrogen (secondary N) is 1. The third kappa shape index (κ3) is 5.67. The molecule has 2 aromatic carbocycles. The standard InChI is InChI=1S/C25H29ClN4O3/c1-3-27-25(31)29(16-22-10-7-15-32-22)17-23-18(2)28-30(20-8-5-4-6-9-20)24(23)33-21-13-11-19(26)12-14-21/h4-6,8-9,11-14,22H,3,7,10,15-17H2,1-2H3,(H,27,31). The normalized spacial score (nSPS) is 15.4. The summed E-state index contributed by atoms with van der Waals surface area (Å²) in [6.45, 7) is 6.01. The Morgan fingerprint density at radius 2 is 2.00 bits per heavy atom. The van der Waals surface area contributed by atoms with Crippen LogP contribution in [0.2, 0.25) is 5.02 Å². The van der Waals surface area contributed by atoms with Crippen LogP contribution in [0.4, 0.5) is 4.79 Å². The maximum absolute atomic E-state index is 12.9. The van der Waals surface area contributed by atoms with E-state index in [1.807, 2.05) is 56.3 Å². The molecule has 1 aliphatic rings. The van der Waals surface area contributed by atoms with Crippen molar-refractivity contribution in [3.8, 4) is 17.3 Å². The Morgan fingerprint density at radius 1 is 1.24 bits per heavy atom. The van der Waals surface area contributed by atoms with Crippen molar-refractivity contribution in [2.45, 2.75) is 39.3 Å². The van der Waals surface area contributed by atoms with Crippen LogP contribution in [0.5, 0.6) is 11.6 Å². The number of nitrogens with zero attached hydrogens (tertiary/aromatic N) is 3. The van der Waals surface area contributed by atoms with E-state index in [1.165, 1.54) is 0 Å². The average Bonchev–Trinajstić information content (AvgIpc) is 3.44. The first-order chi connectivity index (χ1) is 16.0. The first-order valence-electron chi connectivity index (χ1n) is 11.3. The lowest BCUT2D eigenvalue weighted by Crippen LogP contribution is -2.43. The number of para-hydroxylation sites is 1. The first kappa shape index (κ1) is 23.1. The molecule has 1 unspecified atom stereocenters. The van der Waals surface area contributed by atoms with Gasteiger partial charge in [0.2, 0.25) is 5.88 Å². The van der Waals surface area contributed by atoms with Crippen molar-refractivity contribution in [3.05, 3.63) is 70.9 Å². The van der Waals surface area contributed by atoms with Crippen molar-refractivity contribution in [3.63, 3.8) is 0 Å².